The summed E-state index contributed by atoms with van der Waals surface area (Å²) in [6.07, 6.45) is 0. The molecule has 2 aromatic rings. The fraction of sp³-hybridized carbons (Fsp3) is 0.316. The molecule has 1 heterocycles. The fourth-order valence-corrected chi connectivity index (χ4v) is 5.78. The molecule has 1 N–H and O–H groups in total. The van der Waals surface area contributed by atoms with Crippen LogP contribution in [0.15, 0.2) is 70.5 Å². The van der Waals surface area contributed by atoms with Gasteiger partial charge in [-0.2, -0.15) is 9.03 Å². The summed E-state index contributed by atoms with van der Waals surface area (Å²) in [5.41, 5.74) is 0. The minimum Gasteiger partial charge on any atom is -0.339 e. The Morgan fingerprint density at radius 1 is 0.828 bits per heavy atom. The van der Waals surface area contributed by atoms with E-state index in [1.807, 2.05) is 0 Å². The second-order valence-corrected chi connectivity index (χ2v) is 10.4. The van der Waals surface area contributed by atoms with E-state index in [1.165, 1.54) is 40.4 Å². The number of nitrogens with zero attached hydrogens (tertiary/aromatic N) is 2. The normalized spacial score (nSPS) is 17.1. The summed E-state index contributed by atoms with van der Waals surface area (Å²) in [6, 6.07) is 15.0. The molecule has 0 saturated carbocycles. The lowest BCUT2D eigenvalue weighted by Gasteiger charge is -2.35. The van der Waals surface area contributed by atoms with E-state index < -0.39 is 26.1 Å². The van der Waals surface area contributed by atoms with Gasteiger partial charge in [0.15, 0.2) is 0 Å². The van der Waals surface area contributed by atoms with Gasteiger partial charge < -0.3 is 4.90 Å². The van der Waals surface area contributed by atoms with Crippen molar-refractivity contribution in [3.63, 3.8) is 0 Å². The standard InChI is InChI=1S/C19H23N3O5S2/c1-16(20-28(24,25)17-8-4-2-5-9-17)19(23)21-12-14-22(15-13-21)29(26,27)18-10-6-3-7-11-18/h2-11,16,20H,12-15H2,1H3/t16-/m0/s1. The molecule has 0 unspecified atom stereocenters. The van der Waals surface area contributed by atoms with Crippen molar-refractivity contribution in [1.82, 2.24) is 13.9 Å². The number of nitrogens with one attached hydrogen (secondary N) is 1. The lowest BCUT2D eigenvalue weighted by Crippen LogP contribution is -2.55. The Bertz CT molecular complexity index is 1050. The first-order valence-corrected chi connectivity index (χ1v) is 12.1. The molecule has 0 aliphatic carbocycles. The zero-order valence-corrected chi connectivity index (χ0v) is 17.6. The van der Waals surface area contributed by atoms with Gasteiger partial charge in [0.25, 0.3) is 0 Å². The Kier molecular flexibility index (Phi) is 6.37. The van der Waals surface area contributed by atoms with Crippen molar-refractivity contribution >= 4 is 26.0 Å². The van der Waals surface area contributed by atoms with Crippen LogP contribution < -0.4 is 4.72 Å². The fourth-order valence-electron chi connectivity index (χ4n) is 3.12. The molecule has 1 aliphatic rings. The average molecular weight is 438 g/mol. The second-order valence-electron chi connectivity index (χ2n) is 6.70. The molecule has 1 saturated heterocycles. The number of carbonyl (C=O) groups excluding carboxylic acids is 1. The number of hydrogen-bond donors (Lipinski definition) is 1. The Morgan fingerprint density at radius 3 is 1.83 bits per heavy atom. The van der Waals surface area contributed by atoms with Gasteiger partial charge in [-0.3, -0.25) is 4.79 Å². The van der Waals surface area contributed by atoms with Gasteiger partial charge in [-0.1, -0.05) is 36.4 Å². The highest BCUT2D eigenvalue weighted by atomic mass is 32.2. The maximum Gasteiger partial charge on any atom is 0.243 e. The predicted molar refractivity (Wildman–Crippen MR) is 108 cm³/mol. The SMILES string of the molecule is C[C@H](NS(=O)(=O)c1ccccc1)C(=O)N1CCN(S(=O)(=O)c2ccccc2)CC1. The van der Waals surface area contributed by atoms with E-state index in [2.05, 4.69) is 4.72 Å². The Labute approximate surface area is 171 Å². The summed E-state index contributed by atoms with van der Waals surface area (Å²) in [5.74, 6) is -0.388. The molecule has 0 bridgehead atoms. The largest absolute Gasteiger partial charge is 0.339 e. The summed E-state index contributed by atoms with van der Waals surface area (Å²) < 4.78 is 53.9. The summed E-state index contributed by atoms with van der Waals surface area (Å²) in [7, 11) is -7.43. The van der Waals surface area contributed by atoms with Crippen molar-refractivity contribution in [2.75, 3.05) is 26.2 Å². The van der Waals surface area contributed by atoms with E-state index in [0.29, 0.717) is 0 Å². The number of rotatable bonds is 6. The van der Waals surface area contributed by atoms with Crippen molar-refractivity contribution < 1.29 is 21.6 Å². The molecule has 1 fully saturated rings. The minimum atomic E-state index is -3.82. The molecular formula is C19H23N3O5S2. The molecule has 1 aliphatic heterocycles. The zero-order valence-electron chi connectivity index (χ0n) is 15.9. The lowest BCUT2D eigenvalue weighted by molar-refractivity contribution is -0.133. The third kappa shape index (κ3) is 4.84. The first-order valence-electron chi connectivity index (χ1n) is 9.13. The molecule has 29 heavy (non-hydrogen) atoms. The molecule has 1 amide bonds. The van der Waals surface area contributed by atoms with Crippen LogP contribution in [-0.2, 0) is 24.8 Å². The molecule has 3 rings (SSSR count). The van der Waals surface area contributed by atoms with Crippen LogP contribution in [0.3, 0.4) is 0 Å². The van der Waals surface area contributed by atoms with E-state index >= 15 is 0 Å². The van der Waals surface area contributed by atoms with Crippen LogP contribution in [0.4, 0.5) is 0 Å². The molecule has 1 atom stereocenters. The Morgan fingerprint density at radius 2 is 1.31 bits per heavy atom. The molecule has 0 radical (unpaired) electrons. The molecular weight excluding hydrogens is 414 g/mol. The molecule has 8 nitrogen and oxygen atoms in total. The molecule has 2 aromatic carbocycles. The van der Waals surface area contributed by atoms with Crippen molar-refractivity contribution in [2.24, 2.45) is 0 Å². The van der Waals surface area contributed by atoms with Gasteiger partial charge in [0.05, 0.1) is 15.8 Å². The highest BCUT2D eigenvalue weighted by Gasteiger charge is 2.32. The predicted octanol–water partition coefficient (Wildman–Crippen LogP) is 0.887. The van der Waals surface area contributed by atoms with Crippen LogP contribution in [0.2, 0.25) is 0 Å². The summed E-state index contributed by atoms with van der Waals surface area (Å²) in [6.45, 7) is 2.18. The molecule has 0 spiro atoms. The average Bonchev–Trinajstić information content (AvgIpc) is 2.74. The van der Waals surface area contributed by atoms with Gasteiger partial charge in [-0.05, 0) is 31.2 Å². The highest BCUT2D eigenvalue weighted by molar-refractivity contribution is 7.89. The summed E-state index contributed by atoms with van der Waals surface area (Å²) >= 11 is 0. The number of benzene rings is 2. The maximum absolute atomic E-state index is 12.7. The minimum absolute atomic E-state index is 0.0819. The monoisotopic (exact) mass is 437 g/mol. The van der Waals surface area contributed by atoms with E-state index in [4.69, 9.17) is 0 Å². The highest BCUT2D eigenvalue weighted by Crippen LogP contribution is 2.18. The third-order valence-corrected chi connectivity index (χ3v) is 8.16. The van der Waals surface area contributed by atoms with E-state index in [1.54, 1.807) is 36.4 Å². The van der Waals surface area contributed by atoms with E-state index in [-0.39, 0.29) is 41.9 Å². The quantitative estimate of drug-likeness (QED) is 0.723. The van der Waals surface area contributed by atoms with Gasteiger partial charge in [-0.15, -0.1) is 0 Å². The van der Waals surface area contributed by atoms with Crippen molar-refractivity contribution in [3.05, 3.63) is 60.7 Å². The number of carbonyl (C=O) groups is 1. The van der Waals surface area contributed by atoms with Crippen molar-refractivity contribution in [1.29, 1.82) is 0 Å². The molecule has 156 valence electrons. The van der Waals surface area contributed by atoms with E-state index in [9.17, 15) is 21.6 Å². The molecule has 0 aromatic heterocycles. The maximum atomic E-state index is 12.7. The summed E-state index contributed by atoms with van der Waals surface area (Å²) in [5, 5.41) is 0. The van der Waals surface area contributed by atoms with Crippen LogP contribution in [0.5, 0.6) is 0 Å². The third-order valence-electron chi connectivity index (χ3n) is 4.69. The van der Waals surface area contributed by atoms with Crippen LogP contribution in [0.25, 0.3) is 0 Å². The zero-order chi connectivity index (χ0) is 21.1. The number of hydrogen-bond acceptors (Lipinski definition) is 5. The lowest BCUT2D eigenvalue weighted by atomic mass is 10.2. The first kappa shape index (κ1) is 21.4. The second kappa shape index (κ2) is 8.62. The topological polar surface area (TPSA) is 104 Å². The van der Waals surface area contributed by atoms with Crippen molar-refractivity contribution in [2.45, 2.75) is 22.8 Å². The summed E-state index contributed by atoms with van der Waals surface area (Å²) in [4.78, 5) is 14.4. The Balaban J connectivity index is 1.61. The van der Waals surface area contributed by atoms with Crippen LogP contribution in [0.1, 0.15) is 6.92 Å². The Hall–Kier alpha value is -2.27. The van der Waals surface area contributed by atoms with Gasteiger partial charge >= 0.3 is 0 Å². The van der Waals surface area contributed by atoms with Crippen LogP contribution in [0, 0.1) is 0 Å². The van der Waals surface area contributed by atoms with Crippen molar-refractivity contribution in [3.8, 4) is 0 Å². The number of amides is 1. The number of sulfonamides is 2. The smallest absolute Gasteiger partial charge is 0.243 e. The van der Waals surface area contributed by atoms with Gasteiger partial charge in [-0.25, -0.2) is 16.8 Å². The van der Waals surface area contributed by atoms with Gasteiger partial charge in [0.1, 0.15) is 0 Å². The molecule has 10 heteroatoms. The first-order chi connectivity index (χ1) is 13.7. The van der Waals surface area contributed by atoms with E-state index in [0.717, 1.165) is 0 Å². The van der Waals surface area contributed by atoms with Crippen LogP contribution >= 0.6 is 0 Å². The van der Waals surface area contributed by atoms with Gasteiger partial charge in [0.2, 0.25) is 26.0 Å². The number of piperazine rings is 1. The van der Waals surface area contributed by atoms with Crippen LogP contribution in [-0.4, -0.2) is 64.2 Å². The van der Waals surface area contributed by atoms with Gasteiger partial charge in [0, 0.05) is 26.2 Å².